The van der Waals surface area contributed by atoms with Gasteiger partial charge in [-0.15, -0.1) is 0 Å². The van der Waals surface area contributed by atoms with E-state index in [0.29, 0.717) is 19.1 Å². The molecule has 0 bridgehead atoms. The van der Waals surface area contributed by atoms with Gasteiger partial charge in [-0.25, -0.2) is 4.98 Å². The van der Waals surface area contributed by atoms with Crippen molar-refractivity contribution >= 4 is 5.71 Å². The standard InChI is InChI=1S/C29H42N2O4/c1-6-7-17-33-27-20-23(2)29(24(3)21-27)35-19-14-12-10-8-9-11-13-18-34-28-16-15-26(22-30-28)25(4)31-32-5/h6-7,15-16,20-22H,8-14,17-19H2,1-5H3/b7-6+,31-25?. The second-order valence-electron chi connectivity index (χ2n) is 8.68. The Bertz CT molecular complexity index is 900. The minimum Gasteiger partial charge on any atom is -0.493 e. The number of hydrogen-bond acceptors (Lipinski definition) is 6. The molecule has 192 valence electrons. The molecule has 0 amide bonds. The molecule has 0 saturated carbocycles. The molecule has 2 aromatic rings. The van der Waals surface area contributed by atoms with Gasteiger partial charge in [0.2, 0.25) is 5.88 Å². The van der Waals surface area contributed by atoms with E-state index in [0.717, 1.165) is 53.3 Å². The zero-order valence-corrected chi connectivity index (χ0v) is 22.1. The number of ether oxygens (including phenoxy) is 3. The maximum absolute atomic E-state index is 6.08. The van der Waals surface area contributed by atoms with Crippen molar-refractivity contribution in [1.82, 2.24) is 4.98 Å². The maximum atomic E-state index is 6.08. The number of aryl methyl sites for hydroxylation is 2. The van der Waals surface area contributed by atoms with Gasteiger partial charge in [0.15, 0.2) is 0 Å². The summed E-state index contributed by atoms with van der Waals surface area (Å²) in [5.74, 6) is 2.54. The number of benzene rings is 1. The van der Waals surface area contributed by atoms with Gasteiger partial charge in [-0.1, -0.05) is 49.4 Å². The van der Waals surface area contributed by atoms with Crippen molar-refractivity contribution in [2.45, 2.75) is 72.6 Å². The second kappa shape index (κ2) is 16.6. The van der Waals surface area contributed by atoms with Gasteiger partial charge in [0.1, 0.15) is 25.2 Å². The van der Waals surface area contributed by atoms with Gasteiger partial charge in [-0.2, -0.15) is 0 Å². The van der Waals surface area contributed by atoms with E-state index in [4.69, 9.17) is 19.0 Å². The molecule has 0 atom stereocenters. The summed E-state index contributed by atoms with van der Waals surface area (Å²) in [6.45, 7) is 10.1. The predicted molar refractivity (Wildman–Crippen MR) is 143 cm³/mol. The number of rotatable bonds is 17. The van der Waals surface area contributed by atoms with Crippen molar-refractivity contribution in [1.29, 1.82) is 0 Å². The van der Waals surface area contributed by atoms with Crippen LogP contribution in [0.4, 0.5) is 0 Å². The second-order valence-corrected chi connectivity index (χ2v) is 8.68. The van der Waals surface area contributed by atoms with Crippen molar-refractivity contribution in [2.75, 3.05) is 26.9 Å². The van der Waals surface area contributed by atoms with Crippen LogP contribution in [0.1, 0.15) is 75.5 Å². The molecule has 0 radical (unpaired) electrons. The molecular formula is C29H42N2O4. The normalized spacial score (nSPS) is 11.6. The Labute approximate surface area is 211 Å². The van der Waals surface area contributed by atoms with Gasteiger partial charge in [0.25, 0.3) is 0 Å². The molecule has 1 aromatic carbocycles. The Hall–Kier alpha value is -3.02. The Morgan fingerprint density at radius 2 is 1.51 bits per heavy atom. The molecule has 0 aliphatic heterocycles. The van der Waals surface area contributed by atoms with Crippen LogP contribution < -0.4 is 14.2 Å². The lowest BCUT2D eigenvalue weighted by Gasteiger charge is -2.14. The average Bonchev–Trinajstić information content (AvgIpc) is 2.84. The number of aromatic nitrogens is 1. The van der Waals surface area contributed by atoms with E-state index in [1.165, 1.54) is 39.2 Å². The zero-order valence-electron chi connectivity index (χ0n) is 22.1. The molecule has 6 nitrogen and oxygen atoms in total. The summed E-state index contributed by atoms with van der Waals surface area (Å²) < 4.78 is 17.6. The van der Waals surface area contributed by atoms with E-state index in [9.17, 15) is 0 Å². The smallest absolute Gasteiger partial charge is 0.213 e. The summed E-state index contributed by atoms with van der Waals surface area (Å²) in [5, 5.41) is 3.91. The molecule has 0 aliphatic carbocycles. The molecule has 0 spiro atoms. The molecule has 0 saturated heterocycles. The summed E-state index contributed by atoms with van der Waals surface area (Å²) in [6.07, 6.45) is 14.0. The van der Waals surface area contributed by atoms with Gasteiger partial charge in [0.05, 0.1) is 18.9 Å². The van der Waals surface area contributed by atoms with E-state index in [1.54, 1.807) is 6.20 Å². The van der Waals surface area contributed by atoms with Crippen molar-refractivity contribution in [2.24, 2.45) is 5.16 Å². The lowest BCUT2D eigenvalue weighted by Crippen LogP contribution is -2.02. The van der Waals surface area contributed by atoms with Crippen LogP contribution in [0.5, 0.6) is 17.4 Å². The van der Waals surface area contributed by atoms with Gasteiger partial charge in [0, 0.05) is 17.8 Å². The molecule has 35 heavy (non-hydrogen) atoms. The zero-order chi connectivity index (χ0) is 25.3. The van der Waals surface area contributed by atoms with E-state index >= 15 is 0 Å². The number of nitrogens with zero attached hydrogens (tertiary/aromatic N) is 2. The first kappa shape index (κ1) is 28.2. The quantitative estimate of drug-likeness (QED) is 0.103. The molecule has 0 aliphatic rings. The largest absolute Gasteiger partial charge is 0.493 e. The SMILES string of the molecule is C/C=C/COc1cc(C)c(OCCCCCCCCCOc2ccc(C(C)=NOC)cn2)c(C)c1. The minimum atomic E-state index is 0.596. The van der Waals surface area contributed by atoms with Crippen molar-refractivity contribution < 1.29 is 19.0 Å². The Balaban J connectivity index is 1.51. The summed E-state index contributed by atoms with van der Waals surface area (Å²) in [7, 11) is 1.54. The molecule has 6 heteroatoms. The molecule has 1 aromatic heterocycles. The van der Waals surface area contributed by atoms with Crippen LogP contribution in [-0.2, 0) is 4.84 Å². The fourth-order valence-electron chi connectivity index (χ4n) is 3.77. The minimum absolute atomic E-state index is 0.596. The van der Waals surface area contributed by atoms with Gasteiger partial charge in [-0.3, -0.25) is 0 Å². The highest BCUT2D eigenvalue weighted by Crippen LogP contribution is 2.28. The molecule has 0 N–H and O–H groups in total. The van der Waals surface area contributed by atoms with Gasteiger partial charge < -0.3 is 19.0 Å². The molecule has 0 fully saturated rings. The third-order valence-corrected chi connectivity index (χ3v) is 5.68. The Morgan fingerprint density at radius 1 is 0.886 bits per heavy atom. The molecule has 1 heterocycles. The van der Waals surface area contributed by atoms with Crippen LogP contribution in [0.15, 0.2) is 47.8 Å². The number of pyridine rings is 1. The topological polar surface area (TPSA) is 62.2 Å². The highest BCUT2D eigenvalue weighted by molar-refractivity contribution is 5.98. The number of allylic oxidation sites excluding steroid dienone is 1. The van der Waals surface area contributed by atoms with Gasteiger partial charge in [-0.05, 0) is 69.9 Å². The molecule has 2 rings (SSSR count). The summed E-state index contributed by atoms with van der Waals surface area (Å²) in [4.78, 5) is 9.12. The van der Waals surface area contributed by atoms with Crippen molar-refractivity contribution in [3.8, 4) is 17.4 Å². The monoisotopic (exact) mass is 482 g/mol. The summed E-state index contributed by atoms with van der Waals surface area (Å²) >= 11 is 0. The molecular weight excluding hydrogens is 440 g/mol. The molecule has 0 unspecified atom stereocenters. The number of hydrogen-bond donors (Lipinski definition) is 0. The van der Waals surface area contributed by atoms with Crippen LogP contribution in [0.2, 0.25) is 0 Å². The fourth-order valence-corrected chi connectivity index (χ4v) is 3.77. The first-order valence-corrected chi connectivity index (χ1v) is 12.7. The lowest BCUT2D eigenvalue weighted by atomic mass is 10.1. The summed E-state index contributed by atoms with van der Waals surface area (Å²) in [5.41, 5.74) is 3.98. The average molecular weight is 483 g/mol. The van der Waals surface area contributed by atoms with E-state index < -0.39 is 0 Å². The predicted octanol–water partition coefficient (Wildman–Crippen LogP) is 7.21. The van der Waals surface area contributed by atoms with Crippen LogP contribution in [0.25, 0.3) is 0 Å². The number of oxime groups is 1. The van der Waals surface area contributed by atoms with Crippen molar-refractivity contribution in [3.05, 3.63) is 59.3 Å². The lowest BCUT2D eigenvalue weighted by molar-refractivity contribution is 0.213. The Morgan fingerprint density at radius 3 is 2.09 bits per heavy atom. The van der Waals surface area contributed by atoms with E-state index in [-0.39, 0.29) is 0 Å². The first-order valence-electron chi connectivity index (χ1n) is 12.7. The third kappa shape index (κ3) is 10.8. The Kier molecular flexibility index (Phi) is 13.4. The van der Waals surface area contributed by atoms with E-state index in [1.807, 2.05) is 38.1 Å². The van der Waals surface area contributed by atoms with Crippen LogP contribution in [0.3, 0.4) is 0 Å². The first-order chi connectivity index (χ1) is 17.0. The van der Waals surface area contributed by atoms with Crippen LogP contribution >= 0.6 is 0 Å². The van der Waals surface area contributed by atoms with Crippen LogP contribution in [0, 0.1) is 13.8 Å². The van der Waals surface area contributed by atoms with Gasteiger partial charge >= 0.3 is 0 Å². The highest BCUT2D eigenvalue weighted by Gasteiger charge is 2.07. The summed E-state index contributed by atoms with van der Waals surface area (Å²) in [6, 6.07) is 7.93. The third-order valence-electron chi connectivity index (χ3n) is 5.68. The van der Waals surface area contributed by atoms with E-state index in [2.05, 4.69) is 36.1 Å². The van der Waals surface area contributed by atoms with Crippen LogP contribution in [-0.4, -0.2) is 37.6 Å². The highest BCUT2D eigenvalue weighted by atomic mass is 16.6. The van der Waals surface area contributed by atoms with Crippen molar-refractivity contribution in [3.63, 3.8) is 0 Å². The number of unbranched alkanes of at least 4 members (excludes halogenated alkanes) is 6. The fraction of sp³-hybridized carbons (Fsp3) is 0.517. The maximum Gasteiger partial charge on any atom is 0.213 e.